The maximum Gasteiger partial charge on any atom is 0.417 e. The molecule has 0 aliphatic heterocycles. The van der Waals surface area contributed by atoms with Crippen molar-refractivity contribution in [1.29, 1.82) is 0 Å². The number of anilines is 2. The first-order chi connectivity index (χ1) is 18.4. The predicted molar refractivity (Wildman–Crippen MR) is 143 cm³/mol. The van der Waals surface area contributed by atoms with E-state index < -0.39 is 17.9 Å². The van der Waals surface area contributed by atoms with E-state index in [-0.39, 0.29) is 29.6 Å². The fourth-order valence-corrected chi connectivity index (χ4v) is 3.75. The van der Waals surface area contributed by atoms with Crippen molar-refractivity contribution in [2.24, 2.45) is 0 Å². The van der Waals surface area contributed by atoms with Gasteiger partial charge in [-0.1, -0.05) is 32.0 Å². The lowest BCUT2D eigenvalue weighted by Crippen LogP contribution is -2.28. The Morgan fingerprint density at radius 1 is 0.947 bits per heavy atom. The third-order valence-corrected chi connectivity index (χ3v) is 5.31. The van der Waals surface area contributed by atoms with Gasteiger partial charge in [0.2, 0.25) is 0 Å². The van der Waals surface area contributed by atoms with Crippen molar-refractivity contribution in [3.8, 4) is 22.9 Å². The second kappa shape index (κ2) is 13.9. The molecule has 9 nitrogen and oxygen atoms in total. The maximum atomic E-state index is 15.1. The van der Waals surface area contributed by atoms with Crippen LogP contribution >= 0.6 is 0 Å². The third kappa shape index (κ3) is 7.18. The minimum atomic E-state index is -0.832. The van der Waals surface area contributed by atoms with E-state index in [9.17, 15) is 9.59 Å². The molecule has 0 saturated carbocycles. The monoisotopic (exact) mass is 524 g/mol. The smallest absolute Gasteiger partial charge is 0.417 e. The van der Waals surface area contributed by atoms with Crippen molar-refractivity contribution in [3.05, 3.63) is 60.0 Å². The number of halogens is 1. The molecule has 0 bridgehead atoms. The van der Waals surface area contributed by atoms with Crippen molar-refractivity contribution in [2.75, 3.05) is 36.5 Å². The largest absolute Gasteiger partial charge is 0.488 e. The number of rotatable bonds is 12. The van der Waals surface area contributed by atoms with Crippen LogP contribution in [0, 0.1) is 5.82 Å². The molecule has 0 radical (unpaired) electrons. The lowest BCUT2D eigenvalue weighted by molar-refractivity contribution is 0.0514. The Balaban J connectivity index is 2.01. The van der Waals surface area contributed by atoms with E-state index in [0.29, 0.717) is 36.8 Å². The summed E-state index contributed by atoms with van der Waals surface area (Å²) in [4.78, 5) is 36.2. The average Bonchev–Trinajstić information content (AvgIpc) is 2.90. The van der Waals surface area contributed by atoms with Crippen molar-refractivity contribution in [3.63, 3.8) is 0 Å². The summed E-state index contributed by atoms with van der Waals surface area (Å²) < 4.78 is 31.3. The normalized spacial score (nSPS) is 10.6. The van der Waals surface area contributed by atoms with Gasteiger partial charge in [-0.2, -0.15) is 0 Å². The first kappa shape index (κ1) is 28.4. The second-order valence-corrected chi connectivity index (χ2v) is 8.21. The summed E-state index contributed by atoms with van der Waals surface area (Å²) >= 11 is 0. The van der Waals surface area contributed by atoms with Crippen LogP contribution in [0.25, 0.3) is 11.4 Å². The Labute approximate surface area is 222 Å². The van der Waals surface area contributed by atoms with Gasteiger partial charge in [-0.25, -0.2) is 23.9 Å². The summed E-state index contributed by atoms with van der Waals surface area (Å²) in [6.45, 7) is 9.39. The molecule has 0 aliphatic carbocycles. The number of aromatic nitrogens is 2. The summed E-state index contributed by atoms with van der Waals surface area (Å²) in [6, 6.07) is 12.6. The molecular formula is C28H33FN4O5. The zero-order valence-electron chi connectivity index (χ0n) is 22.1. The quantitative estimate of drug-likeness (QED) is 0.284. The molecule has 3 rings (SSSR count). The van der Waals surface area contributed by atoms with E-state index >= 15 is 4.39 Å². The van der Waals surface area contributed by atoms with Crippen LogP contribution in [0.2, 0.25) is 0 Å². The van der Waals surface area contributed by atoms with Crippen LogP contribution in [0.4, 0.5) is 20.7 Å². The standard InChI is InChI=1S/C28H33FN4O5/c1-5-16-33(17-6-2)26-24(36-7-3)23(27(34)37-8-4)31-25(32-26)19-14-15-22(21(29)18-19)30-28(35)38-20-12-10-9-11-13-20/h9-15,18H,5-8,16-17H2,1-4H3,(H,30,35). The lowest BCUT2D eigenvalue weighted by atomic mass is 10.1. The van der Waals surface area contributed by atoms with Crippen LogP contribution in [-0.2, 0) is 4.74 Å². The Bertz CT molecular complexity index is 1230. The Morgan fingerprint density at radius 3 is 2.26 bits per heavy atom. The number of ether oxygens (including phenoxy) is 3. The Morgan fingerprint density at radius 2 is 1.66 bits per heavy atom. The second-order valence-electron chi connectivity index (χ2n) is 8.21. The highest BCUT2D eigenvalue weighted by Crippen LogP contribution is 2.34. The highest BCUT2D eigenvalue weighted by Gasteiger charge is 2.26. The Hall–Kier alpha value is -4.21. The molecule has 3 aromatic rings. The predicted octanol–water partition coefficient (Wildman–Crippen LogP) is 6.10. The molecule has 38 heavy (non-hydrogen) atoms. The number of amides is 1. The van der Waals surface area contributed by atoms with Crippen LogP contribution < -0.4 is 19.7 Å². The molecule has 1 N–H and O–H groups in total. The van der Waals surface area contributed by atoms with Gasteiger partial charge in [-0.3, -0.25) is 5.32 Å². The minimum Gasteiger partial charge on any atom is -0.488 e. The van der Waals surface area contributed by atoms with Crippen LogP contribution in [0.15, 0.2) is 48.5 Å². The van der Waals surface area contributed by atoms with E-state index in [1.54, 1.807) is 50.2 Å². The molecule has 0 atom stereocenters. The molecule has 0 aliphatic rings. The topological polar surface area (TPSA) is 103 Å². The van der Waals surface area contributed by atoms with Gasteiger partial charge in [0, 0.05) is 18.7 Å². The number of benzene rings is 2. The number of esters is 1. The molecule has 10 heteroatoms. The molecule has 2 aromatic carbocycles. The first-order valence-corrected chi connectivity index (χ1v) is 12.7. The number of nitrogens with zero attached hydrogens (tertiary/aromatic N) is 3. The van der Waals surface area contributed by atoms with Gasteiger partial charge in [-0.15, -0.1) is 0 Å². The lowest BCUT2D eigenvalue weighted by Gasteiger charge is -2.26. The van der Waals surface area contributed by atoms with Gasteiger partial charge in [-0.05, 0) is 57.0 Å². The van der Waals surface area contributed by atoms with Gasteiger partial charge in [0.25, 0.3) is 0 Å². The van der Waals surface area contributed by atoms with E-state index in [4.69, 9.17) is 19.2 Å². The fourth-order valence-electron chi connectivity index (χ4n) is 3.75. The number of hydrogen-bond donors (Lipinski definition) is 1. The van der Waals surface area contributed by atoms with Crippen molar-refractivity contribution >= 4 is 23.6 Å². The number of hydrogen-bond acceptors (Lipinski definition) is 8. The number of nitrogens with one attached hydrogen (secondary N) is 1. The molecule has 0 fully saturated rings. The van der Waals surface area contributed by atoms with Gasteiger partial charge in [0.05, 0.1) is 18.9 Å². The molecular weight excluding hydrogens is 491 g/mol. The summed E-state index contributed by atoms with van der Waals surface area (Å²) in [5, 5.41) is 2.39. The van der Waals surface area contributed by atoms with Crippen molar-refractivity contribution in [1.82, 2.24) is 9.97 Å². The molecule has 1 heterocycles. The highest BCUT2D eigenvalue weighted by molar-refractivity contribution is 5.93. The van der Waals surface area contributed by atoms with E-state index in [0.717, 1.165) is 12.8 Å². The summed E-state index contributed by atoms with van der Waals surface area (Å²) in [6.07, 6.45) is 0.850. The van der Waals surface area contributed by atoms with Crippen LogP contribution in [-0.4, -0.2) is 48.3 Å². The summed E-state index contributed by atoms with van der Waals surface area (Å²) in [5.74, 6) is -0.246. The van der Waals surface area contributed by atoms with Crippen LogP contribution in [0.5, 0.6) is 11.5 Å². The molecule has 1 amide bonds. The SMILES string of the molecule is CCCN(CCC)c1nc(-c2ccc(NC(=O)Oc3ccccc3)c(F)c2)nc(C(=O)OCC)c1OCC. The first-order valence-electron chi connectivity index (χ1n) is 12.7. The zero-order chi connectivity index (χ0) is 27.5. The Kier molecular flexibility index (Phi) is 10.4. The van der Waals surface area contributed by atoms with E-state index in [1.807, 2.05) is 18.7 Å². The van der Waals surface area contributed by atoms with Gasteiger partial charge in [0.15, 0.2) is 23.1 Å². The average molecular weight is 525 g/mol. The maximum absolute atomic E-state index is 15.1. The van der Waals surface area contributed by atoms with E-state index in [2.05, 4.69) is 10.3 Å². The van der Waals surface area contributed by atoms with Crippen molar-refractivity contribution < 1.29 is 28.2 Å². The van der Waals surface area contributed by atoms with Crippen molar-refractivity contribution in [2.45, 2.75) is 40.5 Å². The summed E-state index contributed by atoms with van der Waals surface area (Å²) in [5.41, 5.74) is 0.206. The van der Waals surface area contributed by atoms with Crippen LogP contribution in [0.3, 0.4) is 0 Å². The molecule has 0 spiro atoms. The van der Waals surface area contributed by atoms with Gasteiger partial charge in [0.1, 0.15) is 11.6 Å². The minimum absolute atomic E-state index is 0.0278. The molecule has 0 saturated heterocycles. The highest BCUT2D eigenvalue weighted by atomic mass is 19.1. The van der Waals surface area contributed by atoms with Gasteiger partial charge < -0.3 is 19.1 Å². The molecule has 1 aromatic heterocycles. The van der Waals surface area contributed by atoms with E-state index in [1.165, 1.54) is 12.1 Å². The van der Waals surface area contributed by atoms with Crippen LogP contribution in [0.1, 0.15) is 51.0 Å². The molecule has 202 valence electrons. The number of para-hydroxylation sites is 1. The number of carbonyl (C=O) groups is 2. The zero-order valence-corrected chi connectivity index (χ0v) is 22.1. The third-order valence-electron chi connectivity index (χ3n) is 5.31. The summed E-state index contributed by atoms with van der Waals surface area (Å²) in [7, 11) is 0. The van der Waals surface area contributed by atoms with Gasteiger partial charge >= 0.3 is 12.1 Å². The molecule has 0 unspecified atom stereocenters. The number of carbonyl (C=O) groups excluding carboxylic acids is 2. The fraction of sp³-hybridized carbons (Fsp3) is 0.357.